The van der Waals surface area contributed by atoms with Gasteiger partial charge in [0.25, 0.3) is 5.91 Å². The van der Waals surface area contributed by atoms with Crippen molar-refractivity contribution in [2.45, 2.75) is 0 Å². The minimum absolute atomic E-state index is 0.0365. The monoisotopic (exact) mass is 269 g/mol. The summed E-state index contributed by atoms with van der Waals surface area (Å²) in [5, 5.41) is 2.44. The maximum absolute atomic E-state index is 11.4. The molecule has 1 saturated heterocycles. The van der Waals surface area contributed by atoms with Gasteiger partial charge < -0.3 is 11.1 Å². The number of hydrogen-bond acceptors (Lipinski definition) is 3. The van der Waals surface area contributed by atoms with E-state index in [9.17, 15) is 9.59 Å². The molecule has 1 aliphatic rings. The molecule has 0 aromatic heterocycles. The van der Waals surface area contributed by atoms with Crippen LogP contribution in [0.3, 0.4) is 0 Å². The highest BCUT2D eigenvalue weighted by molar-refractivity contribution is 9.10. The third-order valence-corrected chi connectivity index (χ3v) is 2.80. The first-order chi connectivity index (χ1) is 7.09. The second kappa shape index (κ2) is 3.54. The Kier molecular flexibility index (Phi) is 2.36. The molecule has 1 aromatic carbocycles. The summed E-state index contributed by atoms with van der Waals surface area (Å²) in [5.41, 5.74) is 6.63. The lowest BCUT2D eigenvalue weighted by molar-refractivity contribution is -0.115. The number of nitrogens with one attached hydrogen (secondary N) is 1. The summed E-state index contributed by atoms with van der Waals surface area (Å²) in [6.45, 7) is 0.0365. The van der Waals surface area contributed by atoms with Crippen LogP contribution in [0.1, 0.15) is 0 Å². The fourth-order valence-corrected chi connectivity index (χ4v) is 1.60. The standard InChI is InChI=1S/C9H8BrN3O2/c10-6-2-1-5(3-7(6)11)13-8(14)4-12-9(13)15/h1-3H,4,11H2,(H,12,15). The maximum Gasteiger partial charge on any atom is 0.329 e. The van der Waals surface area contributed by atoms with Gasteiger partial charge in [-0.15, -0.1) is 0 Å². The fraction of sp³-hybridized carbons (Fsp3) is 0.111. The zero-order valence-electron chi connectivity index (χ0n) is 7.66. The van der Waals surface area contributed by atoms with E-state index < -0.39 is 6.03 Å². The quantitative estimate of drug-likeness (QED) is 0.592. The number of anilines is 2. The average Bonchev–Trinajstić information content (AvgIpc) is 2.52. The molecule has 0 aliphatic carbocycles. The van der Waals surface area contributed by atoms with Crippen LogP contribution in [0.5, 0.6) is 0 Å². The van der Waals surface area contributed by atoms with Gasteiger partial charge in [0.2, 0.25) is 0 Å². The molecule has 0 atom stereocenters. The molecule has 3 amide bonds. The largest absolute Gasteiger partial charge is 0.398 e. The predicted octanol–water partition coefficient (Wildman–Crippen LogP) is 1.09. The number of hydrogen-bond donors (Lipinski definition) is 2. The van der Waals surface area contributed by atoms with Gasteiger partial charge in [0, 0.05) is 10.2 Å². The first-order valence-electron chi connectivity index (χ1n) is 4.25. The van der Waals surface area contributed by atoms with E-state index in [1.165, 1.54) is 0 Å². The number of carbonyl (C=O) groups is 2. The Bertz CT molecular complexity index is 431. The Hall–Kier alpha value is -1.56. The van der Waals surface area contributed by atoms with Gasteiger partial charge in [-0.05, 0) is 34.1 Å². The van der Waals surface area contributed by atoms with Crippen LogP contribution in [0.25, 0.3) is 0 Å². The summed E-state index contributed by atoms with van der Waals surface area (Å²) in [4.78, 5) is 23.8. The van der Waals surface area contributed by atoms with Gasteiger partial charge in [-0.1, -0.05) is 0 Å². The van der Waals surface area contributed by atoms with Crippen LogP contribution in [-0.2, 0) is 4.79 Å². The van der Waals surface area contributed by atoms with Gasteiger partial charge in [-0.25, -0.2) is 9.69 Å². The van der Waals surface area contributed by atoms with Crippen LogP contribution in [0, 0.1) is 0 Å². The smallest absolute Gasteiger partial charge is 0.329 e. The Morgan fingerprint density at radius 1 is 1.40 bits per heavy atom. The molecule has 0 bridgehead atoms. The normalized spacial score (nSPS) is 15.7. The maximum atomic E-state index is 11.4. The highest BCUT2D eigenvalue weighted by Gasteiger charge is 2.29. The number of benzene rings is 1. The molecule has 2 rings (SSSR count). The zero-order valence-corrected chi connectivity index (χ0v) is 9.24. The van der Waals surface area contributed by atoms with Crippen molar-refractivity contribution in [3.63, 3.8) is 0 Å². The molecule has 1 heterocycles. The van der Waals surface area contributed by atoms with E-state index in [1.54, 1.807) is 18.2 Å². The summed E-state index contributed by atoms with van der Waals surface area (Å²) < 4.78 is 0.735. The van der Waals surface area contributed by atoms with Gasteiger partial charge in [-0.3, -0.25) is 4.79 Å². The molecule has 5 nitrogen and oxygen atoms in total. The number of urea groups is 1. The van der Waals surface area contributed by atoms with Gasteiger partial charge in [0.1, 0.15) is 0 Å². The third-order valence-electron chi connectivity index (χ3n) is 2.08. The van der Waals surface area contributed by atoms with Crippen molar-refractivity contribution in [1.82, 2.24) is 5.32 Å². The Balaban J connectivity index is 2.41. The molecule has 0 saturated carbocycles. The average molecular weight is 270 g/mol. The van der Waals surface area contributed by atoms with Gasteiger partial charge in [0.05, 0.1) is 12.2 Å². The van der Waals surface area contributed by atoms with Crippen molar-refractivity contribution in [3.05, 3.63) is 22.7 Å². The molecule has 3 N–H and O–H groups in total. The number of nitrogens with two attached hydrogens (primary N) is 1. The summed E-state index contributed by atoms with van der Waals surface area (Å²) in [6.07, 6.45) is 0. The van der Waals surface area contributed by atoms with E-state index in [1.807, 2.05) is 0 Å². The number of imide groups is 1. The minimum atomic E-state index is -0.415. The molecule has 0 radical (unpaired) electrons. The number of halogens is 1. The summed E-state index contributed by atoms with van der Waals surface area (Å²) in [7, 11) is 0. The Morgan fingerprint density at radius 2 is 2.13 bits per heavy atom. The van der Waals surface area contributed by atoms with E-state index in [0.29, 0.717) is 11.4 Å². The molecule has 15 heavy (non-hydrogen) atoms. The van der Waals surface area contributed by atoms with Crippen LogP contribution in [0.4, 0.5) is 16.2 Å². The van der Waals surface area contributed by atoms with Crippen molar-refractivity contribution in [2.75, 3.05) is 17.2 Å². The molecule has 1 aromatic rings. The van der Waals surface area contributed by atoms with Crippen LogP contribution >= 0.6 is 15.9 Å². The van der Waals surface area contributed by atoms with Crippen molar-refractivity contribution in [3.8, 4) is 0 Å². The number of rotatable bonds is 1. The van der Waals surface area contributed by atoms with Gasteiger partial charge >= 0.3 is 6.03 Å². The predicted molar refractivity (Wildman–Crippen MR) is 59.4 cm³/mol. The first-order valence-corrected chi connectivity index (χ1v) is 5.04. The molecule has 1 fully saturated rings. The number of amides is 3. The second-order valence-electron chi connectivity index (χ2n) is 3.09. The summed E-state index contributed by atoms with van der Waals surface area (Å²) in [5.74, 6) is -0.276. The summed E-state index contributed by atoms with van der Waals surface area (Å²) >= 11 is 3.24. The Labute approximate surface area is 94.4 Å². The van der Waals surface area contributed by atoms with E-state index >= 15 is 0 Å². The lowest BCUT2D eigenvalue weighted by atomic mass is 10.2. The lowest BCUT2D eigenvalue weighted by Gasteiger charge is -2.13. The minimum Gasteiger partial charge on any atom is -0.398 e. The highest BCUT2D eigenvalue weighted by atomic mass is 79.9. The van der Waals surface area contributed by atoms with Crippen molar-refractivity contribution in [2.24, 2.45) is 0 Å². The van der Waals surface area contributed by atoms with E-state index in [-0.39, 0.29) is 12.5 Å². The van der Waals surface area contributed by atoms with Crippen molar-refractivity contribution < 1.29 is 9.59 Å². The molecule has 1 aliphatic heterocycles. The Morgan fingerprint density at radius 3 is 2.67 bits per heavy atom. The van der Waals surface area contributed by atoms with Crippen LogP contribution in [0.15, 0.2) is 22.7 Å². The van der Waals surface area contributed by atoms with Crippen LogP contribution in [-0.4, -0.2) is 18.5 Å². The molecule has 6 heteroatoms. The van der Waals surface area contributed by atoms with Crippen LogP contribution in [0.2, 0.25) is 0 Å². The van der Waals surface area contributed by atoms with E-state index in [2.05, 4.69) is 21.2 Å². The molecule has 78 valence electrons. The number of nitrogens with zero attached hydrogens (tertiary/aromatic N) is 1. The molecular formula is C9H8BrN3O2. The number of nitrogen functional groups attached to an aromatic ring is 1. The molecular weight excluding hydrogens is 262 g/mol. The van der Waals surface area contributed by atoms with Gasteiger partial charge in [-0.2, -0.15) is 0 Å². The molecule has 0 unspecified atom stereocenters. The second-order valence-corrected chi connectivity index (χ2v) is 3.95. The molecule has 0 spiro atoms. The van der Waals surface area contributed by atoms with E-state index in [4.69, 9.17) is 5.73 Å². The van der Waals surface area contributed by atoms with Crippen molar-refractivity contribution >= 4 is 39.2 Å². The van der Waals surface area contributed by atoms with Crippen molar-refractivity contribution in [1.29, 1.82) is 0 Å². The fourth-order valence-electron chi connectivity index (χ4n) is 1.35. The van der Waals surface area contributed by atoms with Gasteiger partial charge in [0.15, 0.2) is 0 Å². The number of carbonyl (C=O) groups excluding carboxylic acids is 2. The third kappa shape index (κ3) is 1.68. The topological polar surface area (TPSA) is 75.4 Å². The zero-order chi connectivity index (χ0) is 11.0. The lowest BCUT2D eigenvalue weighted by Crippen LogP contribution is -2.30. The highest BCUT2D eigenvalue weighted by Crippen LogP contribution is 2.26. The summed E-state index contributed by atoms with van der Waals surface area (Å²) in [6, 6.07) is 4.52. The SMILES string of the molecule is Nc1cc(N2C(=O)CNC2=O)ccc1Br. The first kappa shape index (κ1) is 9.97. The van der Waals surface area contributed by atoms with E-state index in [0.717, 1.165) is 9.37 Å². The van der Waals surface area contributed by atoms with Crippen LogP contribution < -0.4 is 16.0 Å².